The van der Waals surface area contributed by atoms with Gasteiger partial charge >= 0.3 is 58.4 Å². The van der Waals surface area contributed by atoms with E-state index in [9.17, 15) is 12.9 Å². The Kier molecular flexibility index (Phi) is 11.0. The Bertz CT molecular complexity index is 698. The van der Waals surface area contributed by atoms with E-state index in [4.69, 9.17) is 0 Å². The summed E-state index contributed by atoms with van der Waals surface area (Å²) in [6.45, 7) is 0.299. The fourth-order valence-corrected chi connectivity index (χ4v) is 3.89. The van der Waals surface area contributed by atoms with E-state index >= 15 is 0 Å². The van der Waals surface area contributed by atoms with Gasteiger partial charge in [-0.1, -0.05) is 54.6 Å². The first kappa shape index (κ1) is 25.1. The summed E-state index contributed by atoms with van der Waals surface area (Å²) >= 11 is 0. The standard InChI is InChI=1S/C17H19N.C5H10BF3N.K/c1-2-6-16(7-3-1)17-10-8-15(9-11-17)14-18-12-4-5-13-18;7-6(8,9)5-10-3-1-2-4-10;/h1-3,6-11H,4-5,12-14H2;1-5H2;/q;-1;+1. The smallest absolute Gasteiger partial charge is 0.448 e. The summed E-state index contributed by atoms with van der Waals surface area (Å²) in [7, 11) is 0. The van der Waals surface area contributed by atoms with Crippen molar-refractivity contribution in [3.63, 3.8) is 0 Å². The average Bonchev–Trinajstić information content (AvgIpc) is 3.37. The number of hydrogen-bond acceptors (Lipinski definition) is 2. The van der Waals surface area contributed by atoms with Crippen molar-refractivity contribution >= 4 is 6.98 Å². The van der Waals surface area contributed by atoms with Crippen LogP contribution >= 0.6 is 0 Å². The van der Waals surface area contributed by atoms with Crippen LogP contribution in [0.1, 0.15) is 31.2 Å². The molecule has 0 spiro atoms. The predicted octanol–water partition coefficient (Wildman–Crippen LogP) is 2.42. The molecule has 0 atom stereocenters. The zero-order chi connectivity index (χ0) is 19.8. The molecule has 2 aromatic carbocycles. The van der Waals surface area contributed by atoms with Crippen molar-refractivity contribution in [2.24, 2.45) is 0 Å². The van der Waals surface area contributed by atoms with E-state index in [2.05, 4.69) is 59.5 Å². The van der Waals surface area contributed by atoms with Gasteiger partial charge in [0, 0.05) is 6.54 Å². The Hall–Kier alpha value is -0.149. The van der Waals surface area contributed by atoms with Crippen LogP contribution in [0.3, 0.4) is 0 Å². The third-order valence-corrected chi connectivity index (χ3v) is 5.33. The molecule has 0 amide bonds. The second kappa shape index (κ2) is 12.6. The Balaban J connectivity index is 0.000000234. The number of halogens is 3. The van der Waals surface area contributed by atoms with Crippen molar-refractivity contribution in [3.8, 4) is 11.1 Å². The SMILES string of the molecule is F[B-](F)(F)CN1CCCC1.[K+].c1ccc(-c2ccc(CN3CCCC3)cc2)cc1. The molecule has 2 aliphatic rings. The monoisotopic (exact) mass is 428 g/mol. The molecule has 29 heavy (non-hydrogen) atoms. The largest absolute Gasteiger partial charge is 1.00 e. The van der Waals surface area contributed by atoms with Gasteiger partial charge < -0.3 is 17.8 Å². The van der Waals surface area contributed by atoms with E-state index in [-0.39, 0.29) is 51.4 Å². The molecule has 2 aliphatic heterocycles. The van der Waals surface area contributed by atoms with Gasteiger partial charge in [-0.25, -0.2) is 0 Å². The van der Waals surface area contributed by atoms with E-state index in [1.807, 2.05) is 0 Å². The molecule has 4 rings (SSSR count). The molecule has 0 aliphatic carbocycles. The van der Waals surface area contributed by atoms with E-state index in [0.717, 1.165) is 19.4 Å². The Morgan fingerprint density at radius 1 is 0.655 bits per heavy atom. The third kappa shape index (κ3) is 9.25. The number of likely N-dealkylation sites (tertiary alicyclic amines) is 2. The summed E-state index contributed by atoms with van der Waals surface area (Å²) in [5.41, 5.74) is 4.03. The molecule has 2 heterocycles. The van der Waals surface area contributed by atoms with Gasteiger partial charge in [0.25, 0.3) is 0 Å². The fraction of sp³-hybridized carbons (Fsp3) is 0.455. The molecule has 152 valence electrons. The van der Waals surface area contributed by atoms with Crippen molar-refractivity contribution in [1.29, 1.82) is 0 Å². The first-order chi connectivity index (χ1) is 13.5. The fourth-order valence-electron chi connectivity index (χ4n) is 3.89. The van der Waals surface area contributed by atoms with Crippen LogP contribution in [-0.2, 0) is 6.54 Å². The van der Waals surface area contributed by atoms with Gasteiger partial charge in [0.05, 0.1) is 0 Å². The topological polar surface area (TPSA) is 6.48 Å². The molecule has 0 unspecified atom stereocenters. The quantitative estimate of drug-likeness (QED) is 0.676. The van der Waals surface area contributed by atoms with Crippen molar-refractivity contribution in [3.05, 3.63) is 60.2 Å². The van der Waals surface area contributed by atoms with Crippen LogP contribution in [-0.4, -0.2) is 49.4 Å². The van der Waals surface area contributed by atoms with Gasteiger partial charge in [0.1, 0.15) is 0 Å². The summed E-state index contributed by atoms with van der Waals surface area (Å²) in [5.74, 6) is 0. The van der Waals surface area contributed by atoms with Gasteiger partial charge in [-0.3, -0.25) is 4.90 Å². The van der Waals surface area contributed by atoms with E-state index in [1.165, 1.54) is 47.5 Å². The first-order valence-corrected chi connectivity index (χ1v) is 10.3. The number of hydrogen-bond donors (Lipinski definition) is 0. The summed E-state index contributed by atoms with van der Waals surface area (Å²) in [6, 6.07) is 19.6. The van der Waals surface area contributed by atoms with Gasteiger partial charge in [0.15, 0.2) is 0 Å². The van der Waals surface area contributed by atoms with E-state index in [1.54, 1.807) is 0 Å². The summed E-state index contributed by atoms with van der Waals surface area (Å²) in [5, 5.41) is 0. The van der Waals surface area contributed by atoms with Crippen LogP contribution in [0, 0.1) is 0 Å². The minimum absolute atomic E-state index is 0. The second-order valence-electron chi connectivity index (χ2n) is 7.76. The number of nitrogens with zero attached hydrogens (tertiary/aromatic N) is 2. The number of benzene rings is 2. The van der Waals surface area contributed by atoms with Crippen molar-refractivity contribution in [1.82, 2.24) is 9.80 Å². The minimum atomic E-state index is -4.59. The summed E-state index contributed by atoms with van der Waals surface area (Å²) in [6.07, 6.45) is 3.91. The molecular weight excluding hydrogens is 399 g/mol. The predicted molar refractivity (Wildman–Crippen MR) is 111 cm³/mol. The molecular formula is C22H29BF3KN2. The van der Waals surface area contributed by atoms with Crippen LogP contribution in [0.15, 0.2) is 54.6 Å². The Labute approximate surface area is 215 Å². The first-order valence-electron chi connectivity index (χ1n) is 10.3. The average molecular weight is 428 g/mol. The van der Waals surface area contributed by atoms with Crippen molar-refractivity contribution < 1.29 is 64.3 Å². The van der Waals surface area contributed by atoms with Crippen LogP contribution in [0.4, 0.5) is 12.9 Å². The van der Waals surface area contributed by atoms with E-state index < -0.39 is 13.4 Å². The zero-order valence-corrected chi connectivity index (χ0v) is 20.5. The maximum absolute atomic E-state index is 11.7. The van der Waals surface area contributed by atoms with Gasteiger partial charge in [0.2, 0.25) is 0 Å². The zero-order valence-electron chi connectivity index (χ0n) is 17.4. The normalized spacial score (nSPS) is 17.5. The molecule has 0 saturated carbocycles. The van der Waals surface area contributed by atoms with Crippen LogP contribution in [0.5, 0.6) is 0 Å². The van der Waals surface area contributed by atoms with Crippen molar-refractivity contribution in [2.75, 3.05) is 32.6 Å². The van der Waals surface area contributed by atoms with Crippen LogP contribution < -0.4 is 51.4 Å². The molecule has 0 aromatic heterocycles. The molecule has 2 saturated heterocycles. The van der Waals surface area contributed by atoms with Gasteiger partial charge in [-0.15, -0.1) is 0 Å². The van der Waals surface area contributed by atoms with Crippen LogP contribution in [0.25, 0.3) is 11.1 Å². The van der Waals surface area contributed by atoms with E-state index in [0.29, 0.717) is 13.1 Å². The van der Waals surface area contributed by atoms with Gasteiger partial charge in [-0.2, -0.15) is 0 Å². The third-order valence-electron chi connectivity index (χ3n) is 5.33. The molecule has 2 fully saturated rings. The maximum atomic E-state index is 11.7. The maximum Gasteiger partial charge on any atom is 1.00 e. The van der Waals surface area contributed by atoms with Crippen LogP contribution in [0.2, 0.25) is 0 Å². The molecule has 2 aromatic rings. The molecule has 0 bridgehead atoms. The minimum Gasteiger partial charge on any atom is -0.448 e. The Morgan fingerprint density at radius 3 is 1.66 bits per heavy atom. The summed E-state index contributed by atoms with van der Waals surface area (Å²) < 4.78 is 35.2. The molecule has 0 N–H and O–H groups in total. The molecule has 7 heteroatoms. The number of rotatable bonds is 5. The summed E-state index contributed by atoms with van der Waals surface area (Å²) in [4.78, 5) is 4.01. The Morgan fingerprint density at radius 2 is 1.14 bits per heavy atom. The second-order valence-corrected chi connectivity index (χ2v) is 7.76. The molecule has 2 nitrogen and oxygen atoms in total. The van der Waals surface area contributed by atoms with Crippen molar-refractivity contribution in [2.45, 2.75) is 32.2 Å². The molecule has 0 radical (unpaired) electrons. The van der Waals surface area contributed by atoms with Gasteiger partial charge in [-0.05, 0) is 75.0 Å².